The number of nitrogens with zero attached hydrogens (tertiary/aromatic N) is 2. The Labute approximate surface area is 144 Å². The second-order valence-electron chi connectivity index (χ2n) is 7.90. The number of hydrogen-bond acceptors (Lipinski definition) is 4. The molecule has 6 nitrogen and oxygen atoms in total. The van der Waals surface area contributed by atoms with Crippen LogP contribution in [0.1, 0.15) is 68.2 Å². The van der Waals surface area contributed by atoms with Gasteiger partial charge in [-0.05, 0) is 39.8 Å². The van der Waals surface area contributed by atoms with E-state index in [0.717, 1.165) is 11.1 Å². The normalized spacial score (nSPS) is 13.0. The SMILES string of the molecule is CC(C)=CC(=O)CC(C)(C)/[N+]([O-])=[N+](\[O-])C(C)(C)CC(=O)C=C(C)C. The molecule has 0 aromatic heterocycles. The van der Waals surface area contributed by atoms with E-state index in [4.69, 9.17) is 0 Å². The highest BCUT2D eigenvalue weighted by Crippen LogP contribution is 2.21. The summed E-state index contributed by atoms with van der Waals surface area (Å²) in [5, 5.41) is 24.9. The van der Waals surface area contributed by atoms with E-state index >= 15 is 0 Å². The Kier molecular flexibility index (Phi) is 7.54. The smallest absolute Gasteiger partial charge is 0.240 e. The van der Waals surface area contributed by atoms with Crippen molar-refractivity contribution in [2.45, 2.75) is 79.3 Å². The van der Waals surface area contributed by atoms with E-state index < -0.39 is 11.1 Å². The predicted octanol–water partition coefficient (Wildman–Crippen LogP) is 3.87. The van der Waals surface area contributed by atoms with Crippen molar-refractivity contribution in [3.63, 3.8) is 0 Å². The van der Waals surface area contributed by atoms with Gasteiger partial charge in [0.15, 0.2) is 11.6 Å². The molecule has 0 aliphatic rings. The largest absolute Gasteiger partial charge is 0.567 e. The molecular weight excluding hydrogens is 308 g/mol. The maximum atomic E-state index is 12.5. The zero-order chi connectivity index (χ0) is 19.3. The van der Waals surface area contributed by atoms with Crippen molar-refractivity contribution in [3.8, 4) is 0 Å². The van der Waals surface area contributed by atoms with E-state index in [1.807, 2.05) is 0 Å². The Morgan fingerprint density at radius 2 is 1.00 bits per heavy atom. The molecule has 0 aliphatic carbocycles. The third-order valence-electron chi connectivity index (χ3n) is 3.31. The van der Waals surface area contributed by atoms with Crippen LogP contribution in [0, 0.1) is 10.4 Å². The van der Waals surface area contributed by atoms with Gasteiger partial charge in [0.2, 0.25) is 11.1 Å². The van der Waals surface area contributed by atoms with Crippen LogP contribution in [-0.4, -0.2) is 32.4 Å². The fourth-order valence-corrected chi connectivity index (χ4v) is 2.23. The minimum absolute atomic E-state index is 0.0849. The highest BCUT2D eigenvalue weighted by molar-refractivity contribution is 5.91. The van der Waals surface area contributed by atoms with Crippen LogP contribution in [0.2, 0.25) is 0 Å². The number of rotatable bonds is 8. The molecule has 0 saturated heterocycles. The van der Waals surface area contributed by atoms with Gasteiger partial charge in [0.05, 0.1) is 12.8 Å². The third-order valence-corrected chi connectivity index (χ3v) is 3.31. The number of carbonyl (C=O) groups is 2. The first-order valence-corrected chi connectivity index (χ1v) is 7.99. The second kappa shape index (κ2) is 8.22. The van der Waals surface area contributed by atoms with E-state index in [9.17, 15) is 20.0 Å². The quantitative estimate of drug-likeness (QED) is 0.291. The maximum absolute atomic E-state index is 12.5. The van der Waals surface area contributed by atoms with Crippen LogP contribution in [0.5, 0.6) is 0 Å². The second-order valence-corrected chi connectivity index (χ2v) is 7.90. The van der Waals surface area contributed by atoms with Gasteiger partial charge < -0.3 is 10.4 Å². The molecule has 0 aromatic rings. The van der Waals surface area contributed by atoms with Crippen molar-refractivity contribution >= 4 is 11.6 Å². The van der Waals surface area contributed by atoms with Crippen LogP contribution in [0.3, 0.4) is 0 Å². The van der Waals surface area contributed by atoms with Gasteiger partial charge in [0.25, 0.3) is 0 Å². The Bertz CT molecular complexity index is 536. The number of carbonyl (C=O) groups excluding carboxylic acids is 2. The fraction of sp³-hybridized carbons (Fsp3) is 0.667. The molecule has 0 amide bonds. The first-order chi connectivity index (χ1) is 10.7. The van der Waals surface area contributed by atoms with Gasteiger partial charge in [0.1, 0.15) is 0 Å². The number of azo groups is 1. The van der Waals surface area contributed by atoms with Gasteiger partial charge in [-0.2, -0.15) is 0 Å². The zero-order valence-electron chi connectivity index (χ0n) is 16.1. The molecule has 0 unspecified atom stereocenters. The van der Waals surface area contributed by atoms with Crippen LogP contribution in [0.4, 0.5) is 0 Å². The summed E-state index contributed by atoms with van der Waals surface area (Å²) < 4.78 is 0. The van der Waals surface area contributed by atoms with Crippen LogP contribution in [0.25, 0.3) is 0 Å². The van der Waals surface area contributed by atoms with E-state index in [1.165, 1.54) is 39.8 Å². The van der Waals surface area contributed by atoms with Crippen molar-refractivity contribution in [2.24, 2.45) is 0 Å². The first-order valence-electron chi connectivity index (χ1n) is 7.99. The minimum atomic E-state index is -1.21. The number of hydroxylamine groups is 2. The summed E-state index contributed by atoms with van der Waals surface area (Å²) in [6, 6.07) is 0. The van der Waals surface area contributed by atoms with E-state index in [0.29, 0.717) is 0 Å². The topological polar surface area (TPSA) is 86.3 Å². The molecule has 0 aromatic carbocycles. The van der Waals surface area contributed by atoms with Crippen molar-refractivity contribution in [1.82, 2.24) is 0 Å². The van der Waals surface area contributed by atoms with Gasteiger partial charge in [-0.3, -0.25) is 9.59 Å². The molecule has 0 spiro atoms. The lowest BCUT2D eigenvalue weighted by molar-refractivity contribution is -1.02. The molecule has 0 bridgehead atoms. The monoisotopic (exact) mass is 338 g/mol. The average Bonchev–Trinajstić information content (AvgIpc) is 2.32. The van der Waals surface area contributed by atoms with Crippen molar-refractivity contribution < 1.29 is 19.3 Å². The maximum Gasteiger partial charge on any atom is 0.240 e. The summed E-state index contributed by atoms with van der Waals surface area (Å²) in [5.74, 6) is -0.430. The Morgan fingerprint density at radius 1 is 0.750 bits per heavy atom. The molecule has 0 heterocycles. The van der Waals surface area contributed by atoms with Gasteiger partial charge in [-0.1, -0.05) is 11.1 Å². The lowest BCUT2D eigenvalue weighted by atomic mass is 9.96. The highest BCUT2D eigenvalue weighted by atomic mass is 16.6. The molecule has 24 heavy (non-hydrogen) atoms. The Hall–Kier alpha value is -1.98. The molecule has 6 heteroatoms. The fourth-order valence-electron chi connectivity index (χ4n) is 2.23. The molecule has 0 aliphatic heterocycles. The summed E-state index contributed by atoms with van der Waals surface area (Å²) in [7, 11) is 0. The summed E-state index contributed by atoms with van der Waals surface area (Å²) in [6.07, 6.45) is 2.74. The number of allylic oxidation sites excluding steroid dienone is 4. The molecule has 0 fully saturated rings. The highest BCUT2D eigenvalue weighted by Gasteiger charge is 2.42. The summed E-state index contributed by atoms with van der Waals surface area (Å²) in [4.78, 5) is 24.4. The standard InChI is InChI=1S/C18H30N2O4/c1-13(2)9-15(21)11-17(5,6)19(23)20(24)18(7,8)12-16(22)10-14(3)4/h9-10H,11-12H2,1-8H3/b20-19+. The summed E-state index contributed by atoms with van der Waals surface area (Å²) in [6.45, 7) is 13.3. The first kappa shape index (κ1) is 22.0. The molecule has 136 valence electrons. The van der Waals surface area contributed by atoms with Crippen LogP contribution in [-0.2, 0) is 9.59 Å². The van der Waals surface area contributed by atoms with Crippen molar-refractivity contribution in [2.75, 3.05) is 0 Å². The van der Waals surface area contributed by atoms with Crippen LogP contribution >= 0.6 is 0 Å². The van der Waals surface area contributed by atoms with E-state index in [-0.39, 0.29) is 34.1 Å². The minimum Gasteiger partial charge on any atom is -0.567 e. The van der Waals surface area contributed by atoms with Gasteiger partial charge in [-0.25, -0.2) is 0 Å². The average molecular weight is 338 g/mol. The number of ketones is 2. The molecule has 0 atom stereocenters. The zero-order valence-corrected chi connectivity index (χ0v) is 16.1. The Balaban J connectivity index is 5.47. The van der Waals surface area contributed by atoms with Crippen LogP contribution < -0.4 is 0 Å². The Morgan fingerprint density at radius 3 is 1.21 bits per heavy atom. The third kappa shape index (κ3) is 7.06. The van der Waals surface area contributed by atoms with E-state index in [2.05, 4.69) is 0 Å². The van der Waals surface area contributed by atoms with Crippen LogP contribution in [0.15, 0.2) is 23.3 Å². The van der Waals surface area contributed by atoms with Gasteiger partial charge in [0, 0.05) is 37.4 Å². The summed E-state index contributed by atoms with van der Waals surface area (Å²) in [5.41, 5.74) is -0.747. The molecule has 0 radical (unpaired) electrons. The molecule has 0 rings (SSSR count). The van der Waals surface area contributed by atoms with Gasteiger partial charge >= 0.3 is 0 Å². The molecule has 0 N–H and O–H groups in total. The van der Waals surface area contributed by atoms with E-state index in [1.54, 1.807) is 27.7 Å². The molecule has 0 saturated carbocycles. The lowest BCUT2D eigenvalue weighted by Gasteiger charge is -2.25. The predicted molar refractivity (Wildman–Crippen MR) is 93.5 cm³/mol. The number of hydrogen-bond donors (Lipinski definition) is 0. The van der Waals surface area contributed by atoms with Crippen molar-refractivity contribution in [3.05, 3.63) is 33.7 Å². The summed E-state index contributed by atoms with van der Waals surface area (Å²) >= 11 is 0. The van der Waals surface area contributed by atoms with Gasteiger partial charge in [-0.15, -0.1) is 0 Å². The molecular formula is C18H30N2O4. The lowest BCUT2D eigenvalue weighted by Crippen LogP contribution is -2.46. The van der Waals surface area contributed by atoms with Crippen molar-refractivity contribution in [1.29, 1.82) is 0 Å².